The monoisotopic (exact) mass is 283 g/mol. The van der Waals surface area contributed by atoms with Gasteiger partial charge in [0.25, 0.3) is 0 Å². The zero-order valence-electron chi connectivity index (χ0n) is 10.3. The molecule has 0 amide bonds. The third kappa shape index (κ3) is 3.41. The molecule has 0 aliphatic rings. The van der Waals surface area contributed by atoms with E-state index in [-0.39, 0.29) is 11.6 Å². The summed E-state index contributed by atoms with van der Waals surface area (Å²) in [6.07, 6.45) is 0.715. The molecule has 5 heteroatoms. The first-order valence-corrected chi connectivity index (χ1v) is 6.34. The molecule has 0 saturated heterocycles. The molecule has 0 aliphatic heterocycles. The number of rotatable bonds is 4. The molecule has 0 radical (unpaired) electrons. The summed E-state index contributed by atoms with van der Waals surface area (Å²) in [6, 6.07) is 6.62. The van der Waals surface area contributed by atoms with Gasteiger partial charge in [-0.05, 0) is 30.2 Å². The summed E-state index contributed by atoms with van der Waals surface area (Å²) in [5.74, 6) is -0.918. The first-order valence-electron chi connectivity index (χ1n) is 5.81. The Morgan fingerprint density at radius 2 is 2.00 bits per heavy atom. The van der Waals surface area contributed by atoms with E-state index >= 15 is 0 Å². The van der Waals surface area contributed by atoms with Crippen molar-refractivity contribution in [2.75, 3.05) is 0 Å². The van der Waals surface area contributed by atoms with Crippen LogP contribution in [-0.2, 0) is 12.3 Å². The van der Waals surface area contributed by atoms with Gasteiger partial charge in [-0.15, -0.1) is 11.6 Å². The number of pyridine rings is 1. The number of benzene rings is 1. The minimum Gasteiger partial charge on any atom is -0.436 e. The van der Waals surface area contributed by atoms with Gasteiger partial charge in [0.1, 0.15) is 5.82 Å². The topological polar surface area (TPSA) is 22.1 Å². The van der Waals surface area contributed by atoms with E-state index in [9.17, 15) is 8.78 Å². The van der Waals surface area contributed by atoms with E-state index in [4.69, 9.17) is 16.3 Å². The fourth-order valence-electron chi connectivity index (χ4n) is 1.60. The molecule has 1 aromatic heterocycles. The minimum atomic E-state index is -0.767. The lowest BCUT2D eigenvalue weighted by atomic mass is 10.2. The Morgan fingerprint density at radius 1 is 1.21 bits per heavy atom. The highest BCUT2D eigenvalue weighted by Crippen LogP contribution is 2.25. The van der Waals surface area contributed by atoms with Gasteiger partial charge in [0.05, 0.1) is 0 Å². The van der Waals surface area contributed by atoms with Crippen LogP contribution in [-0.4, -0.2) is 4.98 Å². The molecule has 2 rings (SSSR count). The fraction of sp³-hybridized carbons (Fsp3) is 0.214. The van der Waals surface area contributed by atoms with Crippen LogP contribution in [0.2, 0.25) is 0 Å². The van der Waals surface area contributed by atoms with E-state index in [1.807, 2.05) is 13.0 Å². The van der Waals surface area contributed by atoms with Crippen molar-refractivity contribution in [3.63, 3.8) is 0 Å². The molecule has 1 heterocycles. The molecule has 100 valence electrons. The van der Waals surface area contributed by atoms with Crippen molar-refractivity contribution in [2.24, 2.45) is 0 Å². The third-order valence-electron chi connectivity index (χ3n) is 2.54. The molecule has 19 heavy (non-hydrogen) atoms. The second kappa shape index (κ2) is 5.97. The molecule has 0 fully saturated rings. The van der Waals surface area contributed by atoms with Crippen LogP contribution < -0.4 is 4.74 Å². The first-order chi connectivity index (χ1) is 9.12. The lowest BCUT2D eigenvalue weighted by Gasteiger charge is -2.08. The van der Waals surface area contributed by atoms with E-state index in [2.05, 4.69) is 4.98 Å². The van der Waals surface area contributed by atoms with E-state index in [1.165, 1.54) is 6.07 Å². The molecule has 0 N–H and O–H groups in total. The predicted octanol–water partition coefficient (Wildman–Crippen LogP) is 4.45. The number of aryl methyl sites for hydroxylation is 1. The molecule has 2 aromatic rings. The Kier molecular flexibility index (Phi) is 4.32. The van der Waals surface area contributed by atoms with E-state index < -0.39 is 11.6 Å². The van der Waals surface area contributed by atoms with Crippen molar-refractivity contribution in [2.45, 2.75) is 19.2 Å². The zero-order valence-corrected chi connectivity index (χ0v) is 11.0. The van der Waals surface area contributed by atoms with Gasteiger partial charge in [-0.1, -0.05) is 6.92 Å². The smallest absolute Gasteiger partial charge is 0.219 e. The number of nitrogens with zero attached hydrogens (tertiary/aromatic N) is 1. The summed E-state index contributed by atoms with van der Waals surface area (Å²) in [6.45, 7) is 1.95. The normalized spacial score (nSPS) is 10.5. The van der Waals surface area contributed by atoms with Crippen molar-refractivity contribution in [1.29, 1.82) is 0 Å². The van der Waals surface area contributed by atoms with Gasteiger partial charge >= 0.3 is 0 Å². The second-order valence-electron chi connectivity index (χ2n) is 3.97. The first kappa shape index (κ1) is 13.7. The number of hydrogen-bond donors (Lipinski definition) is 0. The maximum Gasteiger partial charge on any atom is 0.219 e. The van der Waals surface area contributed by atoms with Crippen LogP contribution in [0.4, 0.5) is 8.78 Å². The third-order valence-corrected chi connectivity index (χ3v) is 2.85. The Bertz CT molecular complexity index is 567. The SMILES string of the molecule is CCc1cc(CCl)cc(Oc2ccc(F)cc2F)n1. The zero-order chi connectivity index (χ0) is 13.8. The molecular weight excluding hydrogens is 272 g/mol. The van der Waals surface area contributed by atoms with Gasteiger partial charge < -0.3 is 4.74 Å². The quantitative estimate of drug-likeness (QED) is 0.773. The van der Waals surface area contributed by atoms with Crippen LogP contribution in [0.25, 0.3) is 0 Å². The van der Waals surface area contributed by atoms with Crippen molar-refractivity contribution in [3.05, 3.63) is 53.2 Å². The molecular formula is C14H12ClF2NO. The van der Waals surface area contributed by atoms with Crippen LogP contribution >= 0.6 is 11.6 Å². The summed E-state index contributed by atoms with van der Waals surface area (Å²) in [5.41, 5.74) is 1.64. The summed E-state index contributed by atoms with van der Waals surface area (Å²) in [7, 11) is 0. The van der Waals surface area contributed by atoms with E-state index in [0.29, 0.717) is 12.3 Å². The predicted molar refractivity (Wildman–Crippen MR) is 69.6 cm³/mol. The lowest BCUT2D eigenvalue weighted by Crippen LogP contribution is -1.96. The fourth-order valence-corrected chi connectivity index (χ4v) is 1.76. The summed E-state index contributed by atoms with van der Waals surface area (Å²) in [5, 5.41) is 0. The largest absolute Gasteiger partial charge is 0.436 e. The van der Waals surface area contributed by atoms with Gasteiger partial charge in [-0.25, -0.2) is 13.8 Å². The highest BCUT2D eigenvalue weighted by molar-refractivity contribution is 6.17. The molecule has 2 nitrogen and oxygen atoms in total. The summed E-state index contributed by atoms with van der Waals surface area (Å²) >= 11 is 5.78. The standard InChI is InChI=1S/C14H12ClF2NO/c1-2-11-5-9(8-15)6-14(18-11)19-13-4-3-10(16)7-12(13)17/h3-7H,2,8H2,1H3. The number of halogens is 3. The molecule has 0 unspecified atom stereocenters. The molecule has 0 spiro atoms. The van der Waals surface area contributed by atoms with Gasteiger partial charge in [0, 0.05) is 23.7 Å². The lowest BCUT2D eigenvalue weighted by molar-refractivity contribution is 0.422. The Balaban J connectivity index is 2.31. The molecule has 0 aliphatic carbocycles. The summed E-state index contributed by atoms with van der Waals surface area (Å²) in [4.78, 5) is 4.22. The highest BCUT2D eigenvalue weighted by Gasteiger charge is 2.08. The van der Waals surface area contributed by atoms with Crippen LogP contribution in [0.5, 0.6) is 11.6 Å². The minimum absolute atomic E-state index is 0.0670. The average Bonchev–Trinajstić information content (AvgIpc) is 2.41. The second-order valence-corrected chi connectivity index (χ2v) is 4.24. The van der Waals surface area contributed by atoms with Gasteiger partial charge in [-0.3, -0.25) is 0 Å². The highest BCUT2D eigenvalue weighted by atomic mass is 35.5. The molecule has 0 saturated carbocycles. The average molecular weight is 284 g/mol. The number of aromatic nitrogens is 1. The van der Waals surface area contributed by atoms with Crippen LogP contribution in [0.1, 0.15) is 18.2 Å². The maximum absolute atomic E-state index is 13.5. The maximum atomic E-state index is 13.5. The van der Waals surface area contributed by atoms with E-state index in [1.54, 1.807) is 6.07 Å². The Hall–Kier alpha value is -1.68. The van der Waals surface area contributed by atoms with Gasteiger partial charge in [0.2, 0.25) is 5.88 Å². The van der Waals surface area contributed by atoms with Crippen LogP contribution in [0.3, 0.4) is 0 Å². The van der Waals surface area contributed by atoms with E-state index in [0.717, 1.165) is 23.4 Å². The number of alkyl halides is 1. The van der Waals surface area contributed by atoms with Crippen molar-refractivity contribution in [1.82, 2.24) is 4.98 Å². The van der Waals surface area contributed by atoms with Crippen LogP contribution in [0.15, 0.2) is 30.3 Å². The molecule has 0 bridgehead atoms. The Labute approximate surface area is 115 Å². The van der Waals surface area contributed by atoms with Crippen LogP contribution in [0, 0.1) is 11.6 Å². The number of ether oxygens (including phenoxy) is 1. The van der Waals surface area contributed by atoms with Crippen molar-refractivity contribution < 1.29 is 13.5 Å². The van der Waals surface area contributed by atoms with Gasteiger partial charge in [0.15, 0.2) is 11.6 Å². The Morgan fingerprint density at radius 3 is 2.63 bits per heavy atom. The van der Waals surface area contributed by atoms with Crippen molar-refractivity contribution >= 4 is 11.6 Å². The number of hydrogen-bond acceptors (Lipinski definition) is 2. The molecule has 1 aromatic carbocycles. The molecule has 0 atom stereocenters. The van der Waals surface area contributed by atoms with Crippen molar-refractivity contribution in [3.8, 4) is 11.6 Å². The summed E-state index contributed by atoms with van der Waals surface area (Å²) < 4.78 is 31.6. The van der Waals surface area contributed by atoms with Gasteiger partial charge in [-0.2, -0.15) is 0 Å².